The van der Waals surface area contributed by atoms with Crippen molar-refractivity contribution in [2.45, 2.75) is 20.4 Å². The highest BCUT2D eigenvalue weighted by atomic mass is 16.5. The third kappa shape index (κ3) is 3.16. The average Bonchev–Trinajstić information content (AvgIpc) is 2.34. The summed E-state index contributed by atoms with van der Waals surface area (Å²) in [6.45, 7) is 4.92. The van der Waals surface area contributed by atoms with Gasteiger partial charge in [-0.15, -0.1) is 0 Å². The summed E-state index contributed by atoms with van der Waals surface area (Å²) < 4.78 is 7.39. The molecule has 4 heteroatoms. The van der Waals surface area contributed by atoms with Gasteiger partial charge in [0.15, 0.2) is 0 Å². The fourth-order valence-corrected chi connectivity index (χ4v) is 2.10. The third-order valence-corrected chi connectivity index (χ3v) is 2.96. The molecule has 2 N–H and O–H groups in total. The number of hydrogen-bond donors (Lipinski definition) is 1. The standard InChI is InChI=1S/C15H18N2O2/c1-11-9-13(16)10-12(2)15(11)19-8-7-17-6-4-3-5-14(17)18/h3-6,9-10H,7-8,16H2,1-2H3. The first-order valence-corrected chi connectivity index (χ1v) is 6.23. The number of pyridine rings is 1. The Morgan fingerprint density at radius 2 is 1.89 bits per heavy atom. The van der Waals surface area contributed by atoms with Gasteiger partial charge in [-0.2, -0.15) is 0 Å². The smallest absolute Gasteiger partial charge is 0.250 e. The molecule has 19 heavy (non-hydrogen) atoms. The van der Waals surface area contributed by atoms with Crippen molar-refractivity contribution in [3.8, 4) is 5.75 Å². The van der Waals surface area contributed by atoms with E-state index in [-0.39, 0.29) is 5.56 Å². The summed E-state index contributed by atoms with van der Waals surface area (Å²) in [7, 11) is 0. The Balaban J connectivity index is 2.04. The molecule has 0 spiro atoms. The van der Waals surface area contributed by atoms with Gasteiger partial charge in [0.2, 0.25) is 0 Å². The first kappa shape index (κ1) is 13.2. The predicted octanol–water partition coefficient (Wildman–Crippen LogP) is 2.13. The first-order valence-electron chi connectivity index (χ1n) is 6.23. The lowest BCUT2D eigenvalue weighted by molar-refractivity contribution is 0.293. The Kier molecular flexibility index (Phi) is 3.90. The lowest BCUT2D eigenvalue weighted by Gasteiger charge is -2.13. The molecular formula is C15H18N2O2. The summed E-state index contributed by atoms with van der Waals surface area (Å²) >= 11 is 0. The highest BCUT2D eigenvalue weighted by molar-refractivity contribution is 5.52. The molecule has 0 radical (unpaired) electrons. The minimum Gasteiger partial charge on any atom is -0.491 e. The fraction of sp³-hybridized carbons (Fsp3) is 0.267. The number of nitrogen functional groups attached to an aromatic ring is 1. The molecule has 2 rings (SSSR count). The van der Waals surface area contributed by atoms with Crippen LogP contribution in [0.4, 0.5) is 5.69 Å². The van der Waals surface area contributed by atoms with E-state index in [4.69, 9.17) is 10.5 Å². The van der Waals surface area contributed by atoms with Gasteiger partial charge in [0, 0.05) is 18.0 Å². The van der Waals surface area contributed by atoms with Crippen LogP contribution in [0, 0.1) is 13.8 Å². The summed E-state index contributed by atoms with van der Waals surface area (Å²) in [5.41, 5.74) is 8.51. The number of ether oxygens (including phenoxy) is 1. The first-order chi connectivity index (χ1) is 9.08. The van der Waals surface area contributed by atoms with Gasteiger partial charge in [0.25, 0.3) is 5.56 Å². The van der Waals surface area contributed by atoms with Gasteiger partial charge in [0.1, 0.15) is 12.4 Å². The third-order valence-electron chi connectivity index (χ3n) is 2.96. The maximum atomic E-state index is 11.5. The van der Waals surface area contributed by atoms with Crippen molar-refractivity contribution in [3.05, 3.63) is 58.0 Å². The lowest BCUT2D eigenvalue weighted by atomic mass is 10.1. The second-order valence-electron chi connectivity index (χ2n) is 4.56. The normalized spacial score (nSPS) is 10.4. The SMILES string of the molecule is Cc1cc(N)cc(C)c1OCCn1ccccc1=O. The maximum Gasteiger partial charge on any atom is 0.250 e. The van der Waals surface area contributed by atoms with E-state index in [2.05, 4.69) is 0 Å². The molecule has 0 bridgehead atoms. The molecule has 0 aliphatic heterocycles. The Morgan fingerprint density at radius 1 is 1.21 bits per heavy atom. The van der Waals surface area contributed by atoms with Gasteiger partial charge < -0.3 is 15.0 Å². The average molecular weight is 258 g/mol. The highest BCUT2D eigenvalue weighted by Crippen LogP contribution is 2.25. The van der Waals surface area contributed by atoms with E-state index in [1.54, 1.807) is 22.9 Å². The van der Waals surface area contributed by atoms with E-state index in [1.165, 1.54) is 0 Å². The van der Waals surface area contributed by atoms with Gasteiger partial charge in [-0.05, 0) is 43.2 Å². The van der Waals surface area contributed by atoms with Crippen LogP contribution in [0.1, 0.15) is 11.1 Å². The summed E-state index contributed by atoms with van der Waals surface area (Å²) in [5, 5.41) is 0. The molecule has 100 valence electrons. The zero-order valence-electron chi connectivity index (χ0n) is 11.2. The highest BCUT2D eigenvalue weighted by Gasteiger charge is 2.05. The number of benzene rings is 1. The van der Waals surface area contributed by atoms with E-state index in [0.717, 1.165) is 22.6 Å². The Hall–Kier alpha value is -2.23. The zero-order chi connectivity index (χ0) is 13.8. The molecule has 0 unspecified atom stereocenters. The van der Waals surface area contributed by atoms with E-state index in [1.807, 2.05) is 32.0 Å². The van der Waals surface area contributed by atoms with Crippen LogP contribution in [0.25, 0.3) is 0 Å². The molecule has 2 aromatic rings. The predicted molar refractivity (Wildman–Crippen MR) is 76.5 cm³/mol. The van der Waals surface area contributed by atoms with Crippen LogP contribution in [0.3, 0.4) is 0 Å². The molecule has 0 atom stereocenters. The second-order valence-corrected chi connectivity index (χ2v) is 4.56. The molecule has 0 aliphatic carbocycles. The summed E-state index contributed by atoms with van der Waals surface area (Å²) in [6.07, 6.45) is 1.76. The van der Waals surface area contributed by atoms with Crippen molar-refractivity contribution < 1.29 is 4.74 Å². The van der Waals surface area contributed by atoms with E-state index < -0.39 is 0 Å². The van der Waals surface area contributed by atoms with Crippen molar-refractivity contribution in [1.29, 1.82) is 0 Å². The van der Waals surface area contributed by atoms with Gasteiger partial charge in [-0.1, -0.05) is 6.07 Å². The van der Waals surface area contributed by atoms with Crippen LogP contribution >= 0.6 is 0 Å². The van der Waals surface area contributed by atoms with Gasteiger partial charge >= 0.3 is 0 Å². The molecule has 1 aromatic carbocycles. The maximum absolute atomic E-state index is 11.5. The number of aromatic nitrogens is 1. The largest absolute Gasteiger partial charge is 0.491 e. The number of rotatable bonds is 4. The molecule has 1 aromatic heterocycles. The van der Waals surface area contributed by atoms with Crippen LogP contribution in [0.2, 0.25) is 0 Å². The molecule has 0 amide bonds. The molecule has 0 aliphatic rings. The van der Waals surface area contributed by atoms with Crippen molar-refractivity contribution in [2.75, 3.05) is 12.3 Å². The van der Waals surface area contributed by atoms with Crippen molar-refractivity contribution in [1.82, 2.24) is 4.57 Å². The quantitative estimate of drug-likeness (QED) is 0.855. The van der Waals surface area contributed by atoms with Crippen LogP contribution < -0.4 is 16.0 Å². The van der Waals surface area contributed by atoms with Crippen LogP contribution in [0.5, 0.6) is 5.75 Å². The Labute approximate surface area is 112 Å². The minimum absolute atomic E-state index is 0.0168. The summed E-state index contributed by atoms with van der Waals surface area (Å²) in [4.78, 5) is 11.5. The van der Waals surface area contributed by atoms with E-state index in [9.17, 15) is 4.79 Å². The Morgan fingerprint density at radius 3 is 2.53 bits per heavy atom. The van der Waals surface area contributed by atoms with Gasteiger partial charge in [-0.3, -0.25) is 4.79 Å². The molecule has 0 fully saturated rings. The van der Waals surface area contributed by atoms with Crippen molar-refractivity contribution in [2.24, 2.45) is 0 Å². The number of nitrogens with two attached hydrogens (primary N) is 1. The molecule has 4 nitrogen and oxygen atoms in total. The van der Waals surface area contributed by atoms with Gasteiger partial charge in [-0.25, -0.2) is 0 Å². The summed E-state index contributed by atoms with van der Waals surface area (Å²) in [5.74, 6) is 0.846. The zero-order valence-corrected chi connectivity index (χ0v) is 11.2. The second kappa shape index (κ2) is 5.61. The topological polar surface area (TPSA) is 57.2 Å². The van der Waals surface area contributed by atoms with E-state index in [0.29, 0.717) is 13.2 Å². The van der Waals surface area contributed by atoms with Crippen molar-refractivity contribution in [3.63, 3.8) is 0 Å². The van der Waals surface area contributed by atoms with Crippen LogP contribution in [-0.4, -0.2) is 11.2 Å². The summed E-state index contributed by atoms with van der Waals surface area (Å²) in [6, 6.07) is 8.88. The van der Waals surface area contributed by atoms with Crippen LogP contribution in [-0.2, 0) is 6.54 Å². The minimum atomic E-state index is -0.0168. The molecule has 0 saturated carbocycles. The van der Waals surface area contributed by atoms with Gasteiger partial charge in [0.05, 0.1) is 6.54 Å². The monoisotopic (exact) mass is 258 g/mol. The van der Waals surface area contributed by atoms with Crippen molar-refractivity contribution >= 4 is 5.69 Å². The number of aryl methyl sites for hydroxylation is 2. The van der Waals surface area contributed by atoms with E-state index >= 15 is 0 Å². The van der Waals surface area contributed by atoms with Crippen LogP contribution in [0.15, 0.2) is 41.3 Å². The Bertz CT molecular complexity index is 609. The fourth-order valence-electron chi connectivity index (χ4n) is 2.10. The number of anilines is 1. The number of nitrogens with zero attached hydrogens (tertiary/aromatic N) is 1. The number of hydrogen-bond acceptors (Lipinski definition) is 3. The molecule has 0 saturated heterocycles. The molecule has 1 heterocycles. The molecular weight excluding hydrogens is 240 g/mol. The lowest BCUT2D eigenvalue weighted by Crippen LogP contribution is -2.21.